The van der Waals surface area contributed by atoms with Gasteiger partial charge in [-0.2, -0.15) is 4.57 Å². The molecular formula is C11H14ClN3O3S. The van der Waals surface area contributed by atoms with E-state index in [0.29, 0.717) is 18.5 Å². The average Bonchev–Trinajstić information content (AvgIpc) is 2.66. The second-order valence-electron chi connectivity index (χ2n) is 3.93. The van der Waals surface area contributed by atoms with E-state index in [1.165, 1.54) is 6.20 Å². The van der Waals surface area contributed by atoms with Crippen LogP contribution in [-0.4, -0.2) is 21.7 Å². The van der Waals surface area contributed by atoms with E-state index in [9.17, 15) is 9.59 Å². The second-order valence-corrected chi connectivity index (χ2v) is 4.87. The van der Waals surface area contributed by atoms with Crippen LogP contribution < -0.4 is 28.2 Å². The fourth-order valence-corrected chi connectivity index (χ4v) is 2.67. The zero-order chi connectivity index (χ0) is 13.1. The third-order valence-corrected chi connectivity index (χ3v) is 3.88. The smallest absolute Gasteiger partial charge is 0.325 e. The maximum atomic E-state index is 11.6. The van der Waals surface area contributed by atoms with Crippen LogP contribution in [0.5, 0.6) is 0 Å². The van der Waals surface area contributed by atoms with Crippen molar-refractivity contribution < 1.29 is 22.1 Å². The van der Waals surface area contributed by atoms with Crippen LogP contribution in [0.25, 0.3) is 0 Å². The minimum Gasteiger partial charge on any atom is -1.00 e. The minimum atomic E-state index is -0.503. The first-order valence-corrected chi connectivity index (χ1v) is 6.38. The Morgan fingerprint density at radius 2 is 2.16 bits per heavy atom. The van der Waals surface area contributed by atoms with E-state index < -0.39 is 5.69 Å². The Kier molecular flexibility index (Phi) is 5.46. The lowest BCUT2D eigenvalue weighted by Crippen LogP contribution is -3.00. The zero-order valence-corrected chi connectivity index (χ0v) is 11.8. The molecule has 0 amide bonds. The predicted molar refractivity (Wildman–Crippen MR) is 66.8 cm³/mol. The molecule has 0 unspecified atom stereocenters. The topological polar surface area (TPSA) is 89.8 Å². The highest BCUT2D eigenvalue weighted by atomic mass is 35.5. The number of aliphatic hydroxyl groups is 1. The molecule has 8 heteroatoms. The number of aromatic amines is 2. The molecule has 0 saturated heterocycles. The molecule has 2 rings (SSSR count). The van der Waals surface area contributed by atoms with Crippen LogP contribution >= 0.6 is 11.3 Å². The van der Waals surface area contributed by atoms with Crippen molar-refractivity contribution in [3.05, 3.63) is 48.7 Å². The largest absolute Gasteiger partial charge is 1.00 e. The van der Waals surface area contributed by atoms with Crippen molar-refractivity contribution in [1.29, 1.82) is 0 Å². The molecule has 0 bridgehead atoms. The Bertz CT molecular complexity index is 662. The third kappa shape index (κ3) is 3.52. The lowest BCUT2D eigenvalue weighted by Gasteiger charge is -1.96. The van der Waals surface area contributed by atoms with Crippen molar-refractivity contribution in [2.24, 2.45) is 0 Å². The quantitative estimate of drug-likeness (QED) is 0.508. The van der Waals surface area contributed by atoms with Gasteiger partial charge in [-0.05, 0) is 0 Å². The molecular weight excluding hydrogens is 290 g/mol. The SMILES string of the molecule is Cc1c(CCO)sc[n+]1Cc1c[nH]c(=O)[nH]c1=O.[Cl-]. The first-order valence-electron chi connectivity index (χ1n) is 5.50. The van der Waals surface area contributed by atoms with Gasteiger partial charge in [-0.1, -0.05) is 11.3 Å². The van der Waals surface area contributed by atoms with E-state index in [0.717, 1.165) is 10.6 Å². The monoisotopic (exact) mass is 303 g/mol. The van der Waals surface area contributed by atoms with Gasteiger partial charge in [0.2, 0.25) is 5.51 Å². The Hall–Kier alpha value is -1.44. The number of rotatable bonds is 4. The molecule has 0 atom stereocenters. The molecule has 2 heterocycles. The van der Waals surface area contributed by atoms with Crippen LogP contribution in [0.2, 0.25) is 0 Å². The number of nitrogens with zero attached hydrogens (tertiary/aromatic N) is 1. The number of hydrogen-bond acceptors (Lipinski definition) is 4. The van der Waals surface area contributed by atoms with Crippen LogP contribution in [0.3, 0.4) is 0 Å². The van der Waals surface area contributed by atoms with Crippen molar-refractivity contribution in [1.82, 2.24) is 9.97 Å². The number of nitrogens with one attached hydrogen (secondary N) is 2. The Labute approximate surface area is 119 Å². The van der Waals surface area contributed by atoms with Crippen LogP contribution in [0, 0.1) is 6.92 Å². The summed E-state index contributed by atoms with van der Waals surface area (Å²) in [5.74, 6) is 0. The average molecular weight is 304 g/mol. The van der Waals surface area contributed by atoms with Gasteiger partial charge in [-0.15, -0.1) is 0 Å². The number of H-pyrrole nitrogens is 2. The Balaban J connectivity index is 0.00000180. The van der Waals surface area contributed by atoms with Gasteiger partial charge in [-0.3, -0.25) is 9.78 Å². The molecule has 104 valence electrons. The first-order chi connectivity index (χ1) is 8.61. The van der Waals surface area contributed by atoms with Gasteiger partial charge in [0.25, 0.3) is 5.56 Å². The first kappa shape index (κ1) is 15.6. The lowest BCUT2D eigenvalue weighted by molar-refractivity contribution is -0.689. The third-order valence-electron chi connectivity index (χ3n) is 2.73. The van der Waals surface area contributed by atoms with Crippen molar-refractivity contribution in [3.8, 4) is 0 Å². The summed E-state index contributed by atoms with van der Waals surface area (Å²) in [4.78, 5) is 28.2. The number of aliphatic hydroxyl groups excluding tert-OH is 1. The standard InChI is InChI=1S/C11H13N3O3S.ClH/c1-7-9(2-3-15)18-6-14(7)5-8-4-12-11(17)13-10(8)16;/h4,6,15H,2-3,5H2,1H3,(H-,12,13,16,17);1H. The molecule has 2 aromatic rings. The molecule has 19 heavy (non-hydrogen) atoms. The number of hydrogen-bond donors (Lipinski definition) is 3. The van der Waals surface area contributed by atoms with Gasteiger partial charge >= 0.3 is 5.69 Å². The molecule has 0 aromatic carbocycles. The summed E-state index contributed by atoms with van der Waals surface area (Å²) in [6, 6.07) is 0. The van der Waals surface area contributed by atoms with Gasteiger partial charge in [0.15, 0.2) is 12.2 Å². The molecule has 0 aliphatic rings. The maximum absolute atomic E-state index is 11.6. The number of thiazole rings is 1. The minimum absolute atomic E-state index is 0. The van der Waals surface area contributed by atoms with Crippen molar-refractivity contribution in [2.75, 3.05) is 6.61 Å². The van der Waals surface area contributed by atoms with E-state index in [1.807, 2.05) is 17.0 Å². The van der Waals surface area contributed by atoms with Crippen LogP contribution in [0.1, 0.15) is 16.1 Å². The number of halogens is 1. The molecule has 0 fully saturated rings. The van der Waals surface area contributed by atoms with Crippen LogP contribution in [0.15, 0.2) is 21.3 Å². The van der Waals surface area contributed by atoms with E-state index in [1.54, 1.807) is 11.3 Å². The summed E-state index contributed by atoms with van der Waals surface area (Å²) in [6.45, 7) is 2.46. The molecule has 0 radical (unpaired) electrons. The van der Waals surface area contributed by atoms with Crippen LogP contribution in [-0.2, 0) is 13.0 Å². The lowest BCUT2D eigenvalue weighted by atomic mass is 10.3. The molecule has 0 spiro atoms. The number of aromatic nitrogens is 3. The van der Waals surface area contributed by atoms with Gasteiger partial charge in [0, 0.05) is 26.1 Å². The fraction of sp³-hybridized carbons (Fsp3) is 0.364. The normalized spacial score (nSPS) is 10.2. The van der Waals surface area contributed by atoms with Crippen molar-refractivity contribution in [3.63, 3.8) is 0 Å². The summed E-state index contributed by atoms with van der Waals surface area (Å²) in [6.07, 6.45) is 2.04. The van der Waals surface area contributed by atoms with Crippen molar-refractivity contribution in [2.45, 2.75) is 19.9 Å². The molecule has 3 N–H and O–H groups in total. The van der Waals surface area contributed by atoms with E-state index in [2.05, 4.69) is 9.97 Å². The van der Waals surface area contributed by atoms with Gasteiger partial charge in [-0.25, -0.2) is 4.79 Å². The highest BCUT2D eigenvalue weighted by Crippen LogP contribution is 2.11. The van der Waals surface area contributed by atoms with Gasteiger partial charge in [0.05, 0.1) is 10.4 Å². The molecule has 2 aromatic heterocycles. The molecule has 0 aliphatic heterocycles. The maximum Gasteiger partial charge on any atom is 0.325 e. The summed E-state index contributed by atoms with van der Waals surface area (Å²) < 4.78 is 1.93. The fourth-order valence-electron chi connectivity index (χ4n) is 1.69. The predicted octanol–water partition coefficient (Wildman–Crippen LogP) is -3.69. The Morgan fingerprint density at radius 3 is 2.79 bits per heavy atom. The van der Waals surface area contributed by atoms with E-state index in [4.69, 9.17) is 5.11 Å². The van der Waals surface area contributed by atoms with Crippen LogP contribution in [0.4, 0.5) is 0 Å². The van der Waals surface area contributed by atoms with Gasteiger partial charge in [0.1, 0.15) is 0 Å². The molecule has 0 aliphatic carbocycles. The Morgan fingerprint density at radius 1 is 1.42 bits per heavy atom. The summed E-state index contributed by atoms with van der Waals surface area (Å²) in [5, 5.41) is 8.92. The zero-order valence-electron chi connectivity index (χ0n) is 10.3. The molecule has 0 saturated carbocycles. The molecule has 6 nitrogen and oxygen atoms in total. The summed E-state index contributed by atoms with van der Waals surface area (Å²) in [7, 11) is 0. The summed E-state index contributed by atoms with van der Waals surface area (Å²) >= 11 is 1.55. The highest BCUT2D eigenvalue weighted by Gasteiger charge is 2.16. The van der Waals surface area contributed by atoms with Gasteiger partial charge < -0.3 is 22.5 Å². The van der Waals surface area contributed by atoms with E-state index in [-0.39, 0.29) is 24.6 Å². The van der Waals surface area contributed by atoms with Crippen molar-refractivity contribution >= 4 is 11.3 Å². The second kappa shape index (κ2) is 6.65. The highest BCUT2D eigenvalue weighted by molar-refractivity contribution is 7.09. The van der Waals surface area contributed by atoms with E-state index >= 15 is 0 Å². The summed E-state index contributed by atoms with van der Waals surface area (Å²) in [5.41, 5.74) is 2.55.